The second-order valence-electron chi connectivity index (χ2n) is 24.4. The molecule has 15 nitrogen and oxygen atoms in total. The molecule has 17 heteroatoms. The Morgan fingerprint density at radius 3 is 1.60 bits per heavy atom. The minimum atomic E-state index is -0.366. The number of hydrogen-bond donors (Lipinski definition) is 0. The van der Waals surface area contributed by atoms with Gasteiger partial charge in [0.15, 0.2) is 10.3 Å². The first-order chi connectivity index (χ1) is 42.1. The van der Waals surface area contributed by atoms with Crippen LogP contribution >= 0.6 is 23.5 Å². The summed E-state index contributed by atoms with van der Waals surface area (Å²) in [4.78, 5) is 58.0. The molecule has 0 bridgehead atoms. The van der Waals surface area contributed by atoms with E-state index in [9.17, 15) is 4.79 Å². The van der Waals surface area contributed by atoms with E-state index in [0.29, 0.717) is 50.7 Å². The van der Waals surface area contributed by atoms with E-state index in [-0.39, 0.29) is 25.3 Å². The molecule has 13 rings (SSSR count). The molecule has 0 radical (unpaired) electrons. The molecule has 5 aromatic carbocycles. The van der Waals surface area contributed by atoms with Gasteiger partial charge < -0.3 is 43.8 Å². The second-order valence-corrected chi connectivity index (χ2v) is 26.4. The fourth-order valence-corrected chi connectivity index (χ4v) is 16.2. The molecule has 0 saturated carbocycles. The number of hydrogen-bond acceptors (Lipinski definition) is 14. The zero-order valence-corrected chi connectivity index (χ0v) is 52.2. The Bertz CT molecular complexity index is 3620. The number of carbonyl (C=O) groups excluding carboxylic acids is 1. The van der Waals surface area contributed by atoms with E-state index in [2.05, 4.69) is 140 Å². The molecule has 4 atom stereocenters. The number of thioether (sulfide) groups is 2. The van der Waals surface area contributed by atoms with Gasteiger partial charge in [-0.25, -0.2) is 37.9 Å². The number of amides is 1. The fraction of sp³-hybridized carbons (Fsp3) is 0.464. The number of anilines is 4. The summed E-state index contributed by atoms with van der Waals surface area (Å²) >= 11 is 3.58. The molecule has 6 aliphatic heterocycles. The van der Waals surface area contributed by atoms with Gasteiger partial charge in [0, 0.05) is 109 Å². The SMILES string of the molecule is [C-]#[N+]C[C@@H]1CCCN(c2nc(SC[C@@H]3CCCN3C)nc3c2CCN(c2cccc4cccc(C)c24)C3)C1.[C-]#[N+]C[C@H]1CN(c2nc(SC[C@@H]3CCCN3C)nc3c2CCN(c2cccc4cccc(C)c24)C3)CCN1C(=O)OCc1ccccc1. The zero-order chi connectivity index (χ0) is 59.1. The number of fused-ring (bicyclic) bond motifs is 4. The van der Waals surface area contributed by atoms with Crippen molar-refractivity contribution < 1.29 is 9.53 Å². The normalized spacial score (nSPS) is 20.7. The largest absolute Gasteiger partial charge is 0.445 e. The lowest BCUT2D eigenvalue weighted by Crippen LogP contribution is -2.57. The van der Waals surface area contributed by atoms with Crippen LogP contribution in [-0.4, -0.2) is 156 Å². The molecule has 0 aliphatic carbocycles. The molecule has 446 valence electrons. The van der Waals surface area contributed by atoms with Gasteiger partial charge >= 0.3 is 6.09 Å². The van der Waals surface area contributed by atoms with E-state index in [1.807, 2.05) is 42.1 Å². The number of ether oxygens (including phenoxy) is 1. The van der Waals surface area contributed by atoms with Crippen molar-refractivity contribution in [2.45, 2.75) is 113 Å². The number of carbonyl (C=O) groups is 1. The molecule has 4 saturated heterocycles. The highest BCUT2D eigenvalue weighted by Crippen LogP contribution is 2.39. The number of likely N-dealkylation sites (tertiary alicyclic amines) is 2. The minimum absolute atomic E-state index is 0.216. The molecular formula is C69H81N13O2S2. The van der Waals surface area contributed by atoms with Gasteiger partial charge in [0.1, 0.15) is 24.3 Å². The average Bonchev–Trinajstić information content (AvgIpc) is 2.41. The van der Waals surface area contributed by atoms with Gasteiger partial charge in [0.05, 0.1) is 24.5 Å². The van der Waals surface area contributed by atoms with Gasteiger partial charge in [-0.3, -0.25) is 4.90 Å². The van der Waals surface area contributed by atoms with Gasteiger partial charge in [-0.05, 0) is 132 Å². The molecule has 6 aliphatic rings. The summed E-state index contributed by atoms with van der Waals surface area (Å²) in [5.41, 5.74) is 10.9. The molecule has 0 spiro atoms. The number of benzene rings is 5. The molecule has 86 heavy (non-hydrogen) atoms. The maximum absolute atomic E-state index is 13.3. The van der Waals surface area contributed by atoms with Crippen LogP contribution in [0.1, 0.15) is 77.7 Å². The van der Waals surface area contributed by atoms with Crippen molar-refractivity contribution in [1.82, 2.24) is 34.6 Å². The highest BCUT2D eigenvalue weighted by Gasteiger charge is 2.37. The van der Waals surface area contributed by atoms with Crippen molar-refractivity contribution in [3.63, 3.8) is 0 Å². The summed E-state index contributed by atoms with van der Waals surface area (Å²) in [6.45, 7) is 29.8. The van der Waals surface area contributed by atoms with E-state index in [1.165, 1.54) is 93.1 Å². The van der Waals surface area contributed by atoms with E-state index < -0.39 is 0 Å². The summed E-state index contributed by atoms with van der Waals surface area (Å²) in [5.74, 6) is 4.54. The third-order valence-electron chi connectivity index (χ3n) is 18.8. The van der Waals surface area contributed by atoms with Crippen LogP contribution in [-0.2, 0) is 37.3 Å². The van der Waals surface area contributed by atoms with Crippen molar-refractivity contribution >= 4 is 74.2 Å². The quantitative estimate of drug-likeness (QED) is 0.0585. The average molecular weight is 1190 g/mol. The minimum Gasteiger partial charge on any atom is -0.445 e. The van der Waals surface area contributed by atoms with Gasteiger partial charge in [0.2, 0.25) is 13.1 Å². The van der Waals surface area contributed by atoms with Crippen molar-refractivity contribution in [3.8, 4) is 0 Å². The lowest BCUT2D eigenvalue weighted by molar-refractivity contribution is 0.0788. The molecule has 1 amide bonds. The van der Waals surface area contributed by atoms with E-state index in [4.69, 9.17) is 37.8 Å². The summed E-state index contributed by atoms with van der Waals surface area (Å²) < 4.78 is 5.70. The second kappa shape index (κ2) is 27.3. The lowest BCUT2D eigenvalue weighted by Gasteiger charge is -2.41. The Labute approximate surface area is 517 Å². The first kappa shape index (κ1) is 59.2. The molecule has 0 N–H and O–H groups in total. The molecule has 0 unspecified atom stereocenters. The standard InChI is InChI=1S/C38H43N7O2S.C31H38N6S/c1-27-10-7-13-29-14-8-16-34(35(27)29)43-19-17-32-33(24-43)40-37(48-26-30-15-9-18-42(30)3)41-36(32)44-20-21-45(31(23-44)22-39-2)38(46)47-25-28-11-5-4-6-12-28;1-22-8-4-10-24-11-5-13-28(29(22)24)36-17-14-26-27(20-36)33-31(38-21-25-12-7-15-35(25)3)34-30(26)37-16-6-9-23(19-37)18-32-2/h4-8,10-14,16,30-31H,9,15,17-26H2,1,3H3;4-5,8,10-11,13,23,25H,6-7,9,12,14-21H2,1,3H3/t30-,31-;23-,25-/m00/s1. The predicted molar refractivity (Wildman–Crippen MR) is 351 cm³/mol. The predicted octanol–water partition coefficient (Wildman–Crippen LogP) is 12.3. The summed E-state index contributed by atoms with van der Waals surface area (Å²) in [6, 6.07) is 36.9. The van der Waals surface area contributed by atoms with Crippen LogP contribution in [0.5, 0.6) is 0 Å². The van der Waals surface area contributed by atoms with Crippen LogP contribution in [0.4, 0.5) is 27.8 Å². The molecular weight excluding hydrogens is 1110 g/mol. The van der Waals surface area contributed by atoms with Gasteiger partial charge in [-0.1, -0.05) is 115 Å². The Morgan fingerprint density at radius 1 is 0.558 bits per heavy atom. The van der Waals surface area contributed by atoms with Crippen LogP contribution < -0.4 is 19.6 Å². The highest BCUT2D eigenvalue weighted by atomic mass is 32.2. The zero-order valence-electron chi connectivity index (χ0n) is 50.5. The maximum Gasteiger partial charge on any atom is 0.410 e. The molecule has 8 heterocycles. The van der Waals surface area contributed by atoms with Crippen molar-refractivity contribution in [3.05, 3.63) is 165 Å². The smallest absolute Gasteiger partial charge is 0.410 e. The first-order valence-electron chi connectivity index (χ1n) is 31.1. The molecule has 2 aromatic heterocycles. The number of rotatable bonds is 14. The molecule has 4 fully saturated rings. The van der Waals surface area contributed by atoms with E-state index in [1.54, 1.807) is 16.7 Å². The summed E-state index contributed by atoms with van der Waals surface area (Å²) in [5, 5.41) is 6.93. The van der Waals surface area contributed by atoms with Crippen molar-refractivity contribution in [1.29, 1.82) is 0 Å². The van der Waals surface area contributed by atoms with Gasteiger partial charge in [-0.15, -0.1) is 0 Å². The Hall–Kier alpha value is -7.15. The fourth-order valence-electron chi connectivity index (χ4n) is 14.0. The van der Waals surface area contributed by atoms with E-state index in [0.717, 1.165) is 110 Å². The summed E-state index contributed by atoms with van der Waals surface area (Å²) in [7, 11) is 4.45. The van der Waals surface area contributed by atoms with Crippen LogP contribution in [0, 0.1) is 32.9 Å². The van der Waals surface area contributed by atoms with Crippen LogP contribution in [0.25, 0.3) is 31.2 Å². The monoisotopic (exact) mass is 1190 g/mol. The summed E-state index contributed by atoms with van der Waals surface area (Å²) in [6.07, 6.45) is 8.69. The van der Waals surface area contributed by atoms with Crippen molar-refractivity contribution in [2.24, 2.45) is 5.92 Å². The maximum atomic E-state index is 13.3. The van der Waals surface area contributed by atoms with Crippen LogP contribution in [0.3, 0.4) is 0 Å². The third-order valence-corrected chi connectivity index (χ3v) is 20.7. The van der Waals surface area contributed by atoms with Crippen LogP contribution in [0.2, 0.25) is 0 Å². The topological polar surface area (TPSA) is 109 Å². The van der Waals surface area contributed by atoms with Crippen LogP contribution in [0.15, 0.2) is 113 Å². The highest BCUT2D eigenvalue weighted by molar-refractivity contribution is 7.99. The lowest BCUT2D eigenvalue weighted by atomic mass is 9.96. The van der Waals surface area contributed by atoms with E-state index >= 15 is 0 Å². The number of piperidine rings is 1. The number of nitrogens with zero attached hydrogens (tertiary/aromatic N) is 13. The Kier molecular flexibility index (Phi) is 18.8. The Balaban J connectivity index is 0.000000173. The Morgan fingerprint density at radius 2 is 1.08 bits per heavy atom. The number of aromatic nitrogens is 4. The van der Waals surface area contributed by atoms with Crippen molar-refractivity contribution in [2.75, 3.05) is 117 Å². The number of piperazine rings is 1. The number of aryl methyl sites for hydroxylation is 2. The molecule has 7 aromatic rings. The third kappa shape index (κ3) is 13.2. The first-order valence-corrected chi connectivity index (χ1v) is 33.1. The van der Waals surface area contributed by atoms with Gasteiger partial charge in [-0.2, -0.15) is 0 Å². The van der Waals surface area contributed by atoms with Gasteiger partial charge in [0.25, 0.3) is 0 Å².